The van der Waals surface area contributed by atoms with Crippen molar-refractivity contribution in [3.63, 3.8) is 0 Å². The SMILES string of the molecule is CC(C)(C)NS(=O)(=O)c1ccccc1CCCCOCCCCCCNC[C@@H](O)c1ccc(O)c(CO)c1. The number of rotatable bonds is 18. The molecule has 0 aromatic heterocycles. The van der Waals surface area contributed by atoms with Crippen molar-refractivity contribution in [1.29, 1.82) is 0 Å². The minimum atomic E-state index is -3.55. The zero-order valence-electron chi connectivity index (χ0n) is 23.1. The van der Waals surface area contributed by atoms with Crippen molar-refractivity contribution in [1.82, 2.24) is 10.0 Å². The Labute approximate surface area is 228 Å². The van der Waals surface area contributed by atoms with Gasteiger partial charge in [-0.25, -0.2) is 13.1 Å². The van der Waals surface area contributed by atoms with Gasteiger partial charge in [0.1, 0.15) is 5.75 Å². The van der Waals surface area contributed by atoms with E-state index in [2.05, 4.69) is 10.0 Å². The monoisotopic (exact) mass is 550 g/mol. The first kappa shape index (κ1) is 32.2. The first-order valence-corrected chi connectivity index (χ1v) is 15.0. The highest BCUT2D eigenvalue weighted by Gasteiger charge is 2.24. The maximum atomic E-state index is 12.7. The molecule has 2 aromatic carbocycles. The molecular weight excluding hydrogens is 504 g/mol. The lowest BCUT2D eigenvalue weighted by atomic mass is 10.1. The van der Waals surface area contributed by atoms with E-state index in [1.807, 2.05) is 32.9 Å². The van der Waals surface area contributed by atoms with Crippen LogP contribution in [0.4, 0.5) is 0 Å². The fraction of sp³-hybridized carbons (Fsp3) is 0.586. The van der Waals surface area contributed by atoms with Gasteiger partial charge in [0, 0.05) is 30.9 Å². The van der Waals surface area contributed by atoms with Crippen LogP contribution in [0.2, 0.25) is 0 Å². The van der Waals surface area contributed by atoms with Crippen LogP contribution in [-0.4, -0.2) is 55.6 Å². The van der Waals surface area contributed by atoms with Crippen LogP contribution in [0.15, 0.2) is 47.4 Å². The lowest BCUT2D eigenvalue weighted by Gasteiger charge is -2.21. The highest BCUT2D eigenvalue weighted by Crippen LogP contribution is 2.22. The minimum Gasteiger partial charge on any atom is -0.508 e. The van der Waals surface area contributed by atoms with Gasteiger partial charge in [-0.2, -0.15) is 0 Å². The number of aliphatic hydroxyl groups excluding tert-OH is 2. The van der Waals surface area contributed by atoms with E-state index in [0.717, 1.165) is 57.2 Å². The number of nitrogens with one attached hydrogen (secondary N) is 2. The standard InChI is InChI=1S/C29H46N2O6S/c1-29(2,3)31-38(35,36)28-14-7-6-12-23(28)13-8-11-19-37-18-10-5-4-9-17-30-21-27(34)24-15-16-26(33)25(20-24)22-32/h6-7,12,14-16,20,27,30-34H,4-5,8-11,13,17-19,21-22H2,1-3H3/t27-/m1/s1. The molecule has 2 rings (SSSR count). The van der Waals surface area contributed by atoms with Crippen LogP contribution in [0.1, 0.15) is 82.1 Å². The minimum absolute atomic E-state index is 0.0311. The van der Waals surface area contributed by atoms with Crippen LogP contribution < -0.4 is 10.0 Å². The predicted octanol–water partition coefficient (Wildman–Crippen LogP) is 4.18. The molecule has 0 spiro atoms. The molecule has 0 fully saturated rings. The molecule has 0 saturated carbocycles. The topological polar surface area (TPSA) is 128 Å². The van der Waals surface area contributed by atoms with Gasteiger partial charge in [-0.15, -0.1) is 0 Å². The van der Waals surface area contributed by atoms with Gasteiger partial charge in [-0.05, 0) is 88.7 Å². The van der Waals surface area contributed by atoms with Crippen molar-refractivity contribution < 1.29 is 28.5 Å². The summed E-state index contributed by atoms with van der Waals surface area (Å²) >= 11 is 0. The molecule has 1 atom stereocenters. The Hall–Kier alpha value is -2.01. The Kier molecular flexibility index (Phi) is 13.7. The smallest absolute Gasteiger partial charge is 0.241 e. The second kappa shape index (κ2) is 16.2. The molecule has 38 heavy (non-hydrogen) atoms. The Morgan fingerprint density at radius 1 is 0.921 bits per heavy atom. The van der Waals surface area contributed by atoms with Gasteiger partial charge in [0.05, 0.1) is 17.6 Å². The highest BCUT2D eigenvalue weighted by molar-refractivity contribution is 7.89. The second-order valence-corrected chi connectivity index (χ2v) is 12.4. The molecule has 0 bridgehead atoms. The van der Waals surface area contributed by atoms with Crippen molar-refractivity contribution in [2.75, 3.05) is 26.3 Å². The van der Waals surface area contributed by atoms with Gasteiger partial charge in [0.2, 0.25) is 10.0 Å². The average Bonchev–Trinajstić information content (AvgIpc) is 2.85. The van der Waals surface area contributed by atoms with E-state index in [-0.39, 0.29) is 12.4 Å². The number of sulfonamides is 1. The molecule has 0 amide bonds. The van der Waals surface area contributed by atoms with Gasteiger partial charge in [0.25, 0.3) is 0 Å². The molecule has 2 aromatic rings. The molecule has 5 N–H and O–H groups in total. The Bertz CT molecular complexity index is 1070. The number of hydrogen-bond acceptors (Lipinski definition) is 7. The lowest BCUT2D eigenvalue weighted by Crippen LogP contribution is -2.40. The van der Waals surface area contributed by atoms with Crippen molar-refractivity contribution in [3.05, 3.63) is 59.2 Å². The summed E-state index contributed by atoms with van der Waals surface area (Å²) in [5, 5.41) is 32.4. The maximum Gasteiger partial charge on any atom is 0.241 e. The molecule has 8 nitrogen and oxygen atoms in total. The maximum absolute atomic E-state index is 12.7. The largest absolute Gasteiger partial charge is 0.508 e. The molecular formula is C29H46N2O6S. The van der Waals surface area contributed by atoms with Crippen LogP contribution in [0.25, 0.3) is 0 Å². The fourth-order valence-electron chi connectivity index (χ4n) is 4.16. The van der Waals surface area contributed by atoms with Crippen LogP contribution in [-0.2, 0) is 27.8 Å². The number of aliphatic hydroxyl groups is 2. The number of hydrogen-bond donors (Lipinski definition) is 5. The third kappa shape index (κ3) is 11.8. The second-order valence-electron chi connectivity index (χ2n) is 10.7. The Morgan fingerprint density at radius 3 is 2.32 bits per heavy atom. The van der Waals surface area contributed by atoms with Crippen molar-refractivity contribution >= 4 is 10.0 Å². The number of unbranched alkanes of at least 4 members (excludes halogenated alkanes) is 4. The van der Waals surface area contributed by atoms with E-state index in [4.69, 9.17) is 4.74 Å². The quantitative estimate of drug-likeness (QED) is 0.176. The number of benzene rings is 2. The summed E-state index contributed by atoms with van der Waals surface area (Å²) in [5.41, 5.74) is 1.39. The van der Waals surface area contributed by atoms with Gasteiger partial charge >= 0.3 is 0 Å². The summed E-state index contributed by atoms with van der Waals surface area (Å²) in [4.78, 5) is 0.357. The number of aromatic hydroxyl groups is 1. The number of phenols is 1. The molecule has 0 radical (unpaired) electrons. The summed E-state index contributed by atoms with van der Waals surface area (Å²) < 4.78 is 34.0. The van der Waals surface area contributed by atoms with Crippen LogP contribution >= 0.6 is 0 Å². The molecule has 0 unspecified atom stereocenters. The molecule has 0 aliphatic rings. The first-order valence-electron chi connectivity index (χ1n) is 13.5. The Morgan fingerprint density at radius 2 is 1.61 bits per heavy atom. The molecule has 0 aliphatic carbocycles. The third-order valence-electron chi connectivity index (χ3n) is 6.08. The Balaban J connectivity index is 1.51. The molecule has 0 heterocycles. The molecule has 0 saturated heterocycles. The van der Waals surface area contributed by atoms with E-state index in [9.17, 15) is 23.7 Å². The lowest BCUT2D eigenvalue weighted by molar-refractivity contribution is 0.126. The zero-order valence-corrected chi connectivity index (χ0v) is 23.9. The molecule has 9 heteroatoms. The zero-order chi connectivity index (χ0) is 28.0. The van der Waals surface area contributed by atoms with Crippen molar-refractivity contribution in [2.24, 2.45) is 0 Å². The van der Waals surface area contributed by atoms with Gasteiger partial charge in [-0.3, -0.25) is 0 Å². The summed E-state index contributed by atoms with van der Waals surface area (Å²) in [6.07, 6.45) is 5.92. The number of aryl methyl sites for hydroxylation is 1. The van der Waals surface area contributed by atoms with Crippen LogP contribution in [0, 0.1) is 0 Å². The third-order valence-corrected chi connectivity index (χ3v) is 7.93. The highest BCUT2D eigenvalue weighted by atomic mass is 32.2. The van der Waals surface area contributed by atoms with E-state index >= 15 is 0 Å². The summed E-state index contributed by atoms with van der Waals surface area (Å²) in [6, 6.07) is 12.0. The van der Waals surface area contributed by atoms with Crippen molar-refractivity contribution in [3.8, 4) is 5.75 Å². The summed E-state index contributed by atoms with van der Waals surface area (Å²) in [6.45, 7) is 7.87. The predicted molar refractivity (Wildman–Crippen MR) is 151 cm³/mol. The van der Waals surface area contributed by atoms with E-state index in [1.165, 1.54) is 6.07 Å². The summed E-state index contributed by atoms with van der Waals surface area (Å²) in [5.74, 6) is 0.0311. The molecule has 0 aliphatic heterocycles. The van der Waals surface area contributed by atoms with E-state index in [1.54, 1.807) is 24.3 Å². The van der Waals surface area contributed by atoms with Crippen LogP contribution in [0.5, 0.6) is 5.75 Å². The van der Waals surface area contributed by atoms with Gasteiger partial charge < -0.3 is 25.4 Å². The van der Waals surface area contributed by atoms with Gasteiger partial charge in [0.15, 0.2) is 0 Å². The van der Waals surface area contributed by atoms with E-state index < -0.39 is 21.7 Å². The van der Waals surface area contributed by atoms with Crippen LogP contribution in [0.3, 0.4) is 0 Å². The van der Waals surface area contributed by atoms with E-state index in [0.29, 0.717) is 35.6 Å². The molecule has 214 valence electrons. The fourth-order valence-corrected chi connectivity index (χ4v) is 5.85. The normalized spacial score (nSPS) is 13.1. The first-order chi connectivity index (χ1) is 18.0. The average molecular weight is 551 g/mol. The number of ether oxygens (including phenoxy) is 1. The summed E-state index contributed by atoms with van der Waals surface area (Å²) in [7, 11) is -3.55. The van der Waals surface area contributed by atoms with Crippen molar-refractivity contribution in [2.45, 2.75) is 88.9 Å². The van der Waals surface area contributed by atoms with Gasteiger partial charge in [-0.1, -0.05) is 37.1 Å².